The van der Waals surface area contributed by atoms with Crippen molar-refractivity contribution in [2.45, 2.75) is 52.6 Å². The van der Waals surface area contributed by atoms with Gasteiger partial charge in [-0.3, -0.25) is 9.63 Å². The number of carbonyl (C=O) groups excluding carboxylic acids is 1. The minimum Gasteiger partial charge on any atom is -0.476 e. The van der Waals surface area contributed by atoms with Gasteiger partial charge >= 0.3 is 0 Å². The highest BCUT2D eigenvalue weighted by molar-refractivity contribution is 5.81. The molecule has 2 saturated heterocycles. The standard InChI is InChI=1S/C32H40F2N4O3/c1-4-36-15-13-23(14-16-36)21-40-32-22(3)30(38(35-32)26-9-7-6-8-10-26)19-27(39)17-25-20-37(5-2)41-31(25)24-11-12-28(33)29(34)18-24/h6-12,18,23,25,31H,4-5,13-17,19-21H2,1-3H3/t25-,31+/m1/s1. The molecule has 7 nitrogen and oxygen atoms in total. The Hall–Kier alpha value is -3.14. The van der Waals surface area contributed by atoms with Crippen LogP contribution in [-0.4, -0.2) is 64.9 Å². The second-order valence-electron chi connectivity index (χ2n) is 11.2. The Morgan fingerprint density at radius 1 is 1.05 bits per heavy atom. The van der Waals surface area contributed by atoms with Gasteiger partial charge in [0.15, 0.2) is 11.6 Å². The number of ether oxygens (including phenoxy) is 1. The number of Topliss-reactive ketones (excluding diaryl/α,β-unsaturated/α-hetero) is 1. The molecule has 2 aromatic carbocycles. The van der Waals surface area contributed by atoms with Gasteiger partial charge in [0, 0.05) is 37.4 Å². The summed E-state index contributed by atoms with van der Waals surface area (Å²) in [6.45, 7) is 11.2. The molecule has 0 radical (unpaired) electrons. The number of ketones is 1. The van der Waals surface area contributed by atoms with Crippen LogP contribution in [0, 0.1) is 30.4 Å². The largest absolute Gasteiger partial charge is 0.476 e. The Balaban J connectivity index is 1.32. The summed E-state index contributed by atoms with van der Waals surface area (Å²) in [6, 6.07) is 13.6. The summed E-state index contributed by atoms with van der Waals surface area (Å²) in [7, 11) is 0. The molecule has 3 aromatic rings. The zero-order valence-electron chi connectivity index (χ0n) is 24.2. The number of halogens is 2. The van der Waals surface area contributed by atoms with E-state index in [9.17, 15) is 13.6 Å². The van der Waals surface area contributed by atoms with Crippen LogP contribution < -0.4 is 4.74 Å². The summed E-state index contributed by atoms with van der Waals surface area (Å²) in [5, 5.41) is 6.59. The number of hydroxylamine groups is 2. The SMILES string of the molecule is CCN1CCC(COc2nn(-c3ccccc3)c(CC(=O)C[C@@H]3CN(CC)O[C@H]3c3ccc(F)c(F)c3)c2C)CC1. The van der Waals surface area contributed by atoms with E-state index in [1.54, 1.807) is 5.06 Å². The van der Waals surface area contributed by atoms with Crippen molar-refractivity contribution in [3.8, 4) is 11.6 Å². The first-order chi connectivity index (χ1) is 19.9. The van der Waals surface area contributed by atoms with Crippen molar-refractivity contribution in [1.29, 1.82) is 0 Å². The average Bonchev–Trinajstić information content (AvgIpc) is 3.54. The van der Waals surface area contributed by atoms with Gasteiger partial charge in [0.1, 0.15) is 11.9 Å². The summed E-state index contributed by atoms with van der Waals surface area (Å²) in [6.07, 6.45) is 2.11. The molecule has 2 atom stereocenters. The summed E-state index contributed by atoms with van der Waals surface area (Å²) in [4.78, 5) is 22.1. The highest BCUT2D eigenvalue weighted by atomic mass is 19.2. The van der Waals surface area contributed by atoms with Gasteiger partial charge in [0.2, 0.25) is 5.88 Å². The van der Waals surface area contributed by atoms with E-state index < -0.39 is 17.7 Å². The Morgan fingerprint density at radius 2 is 1.80 bits per heavy atom. The van der Waals surface area contributed by atoms with Crippen LogP contribution in [-0.2, 0) is 16.1 Å². The third-order valence-electron chi connectivity index (χ3n) is 8.42. The number of hydrogen-bond donors (Lipinski definition) is 0. The highest BCUT2D eigenvalue weighted by Crippen LogP contribution is 2.37. The van der Waals surface area contributed by atoms with Gasteiger partial charge in [-0.05, 0) is 75.1 Å². The van der Waals surface area contributed by atoms with Gasteiger partial charge in [-0.25, -0.2) is 13.5 Å². The molecular formula is C32H40F2N4O3. The summed E-state index contributed by atoms with van der Waals surface area (Å²) >= 11 is 0. The van der Waals surface area contributed by atoms with E-state index in [4.69, 9.17) is 14.7 Å². The van der Waals surface area contributed by atoms with E-state index in [1.807, 2.05) is 48.9 Å². The van der Waals surface area contributed by atoms with Crippen LogP contribution in [0.1, 0.15) is 56.0 Å². The van der Waals surface area contributed by atoms with Crippen molar-refractivity contribution in [2.75, 3.05) is 39.3 Å². The van der Waals surface area contributed by atoms with Crippen molar-refractivity contribution in [2.24, 2.45) is 11.8 Å². The van der Waals surface area contributed by atoms with Crippen molar-refractivity contribution < 1.29 is 23.1 Å². The van der Waals surface area contributed by atoms with Crippen molar-refractivity contribution in [3.05, 3.63) is 77.0 Å². The minimum atomic E-state index is -0.919. The van der Waals surface area contributed by atoms with Crippen molar-refractivity contribution in [3.63, 3.8) is 0 Å². The predicted molar refractivity (Wildman–Crippen MR) is 153 cm³/mol. The maximum absolute atomic E-state index is 14.0. The second-order valence-corrected chi connectivity index (χ2v) is 11.2. The van der Waals surface area contributed by atoms with Crippen molar-refractivity contribution >= 4 is 5.78 Å². The Bertz CT molecular complexity index is 1320. The number of hydrogen-bond acceptors (Lipinski definition) is 6. The van der Waals surface area contributed by atoms with Crippen LogP contribution >= 0.6 is 0 Å². The number of nitrogens with zero attached hydrogens (tertiary/aromatic N) is 4. The molecule has 41 heavy (non-hydrogen) atoms. The van der Waals surface area contributed by atoms with Crippen LogP contribution in [0.15, 0.2) is 48.5 Å². The van der Waals surface area contributed by atoms with Gasteiger partial charge < -0.3 is 9.64 Å². The van der Waals surface area contributed by atoms with Gasteiger partial charge in [-0.15, -0.1) is 5.10 Å². The first kappa shape index (κ1) is 29.4. The lowest BCUT2D eigenvalue weighted by molar-refractivity contribution is -0.146. The maximum atomic E-state index is 14.0. The number of carbonyl (C=O) groups is 1. The Labute approximate surface area is 241 Å². The lowest BCUT2D eigenvalue weighted by Gasteiger charge is -2.30. The molecule has 2 fully saturated rings. The topological polar surface area (TPSA) is 59.8 Å². The third-order valence-corrected chi connectivity index (χ3v) is 8.42. The van der Waals surface area contributed by atoms with Crippen LogP contribution in [0.25, 0.3) is 5.69 Å². The van der Waals surface area contributed by atoms with E-state index in [0.29, 0.717) is 37.1 Å². The number of benzene rings is 2. The molecule has 3 heterocycles. The molecule has 220 valence electrons. The van der Waals surface area contributed by atoms with Crippen LogP contribution in [0.2, 0.25) is 0 Å². The summed E-state index contributed by atoms with van der Waals surface area (Å²) in [5.74, 6) is -0.928. The van der Waals surface area contributed by atoms with Gasteiger partial charge in [-0.1, -0.05) is 38.1 Å². The maximum Gasteiger partial charge on any atom is 0.236 e. The zero-order valence-corrected chi connectivity index (χ0v) is 24.2. The smallest absolute Gasteiger partial charge is 0.236 e. The van der Waals surface area contributed by atoms with E-state index in [2.05, 4.69) is 11.8 Å². The number of piperidine rings is 1. The number of para-hydroxylation sites is 1. The second kappa shape index (κ2) is 13.2. The molecular weight excluding hydrogens is 526 g/mol. The average molecular weight is 567 g/mol. The molecule has 0 amide bonds. The van der Waals surface area contributed by atoms with Crippen molar-refractivity contribution in [1.82, 2.24) is 19.7 Å². The molecule has 0 unspecified atom stereocenters. The molecule has 0 bridgehead atoms. The van der Waals surface area contributed by atoms with Gasteiger partial charge in [-0.2, -0.15) is 5.06 Å². The molecule has 2 aliphatic heterocycles. The first-order valence-electron chi connectivity index (χ1n) is 14.7. The number of rotatable bonds is 11. The molecule has 2 aliphatic rings. The normalized spacial score (nSPS) is 20.5. The Morgan fingerprint density at radius 3 is 2.49 bits per heavy atom. The quantitative estimate of drug-likeness (QED) is 0.297. The molecule has 9 heteroatoms. The lowest BCUT2D eigenvalue weighted by Crippen LogP contribution is -2.35. The fourth-order valence-electron chi connectivity index (χ4n) is 5.90. The molecule has 0 aliphatic carbocycles. The summed E-state index contributed by atoms with van der Waals surface area (Å²) < 4.78 is 35.7. The minimum absolute atomic E-state index is 0.0304. The highest BCUT2D eigenvalue weighted by Gasteiger charge is 2.36. The van der Waals surface area contributed by atoms with Crippen LogP contribution in [0.4, 0.5) is 8.78 Å². The first-order valence-corrected chi connectivity index (χ1v) is 14.7. The third kappa shape index (κ3) is 6.85. The van der Waals surface area contributed by atoms with E-state index in [0.717, 1.165) is 55.5 Å². The number of likely N-dealkylation sites (tertiary alicyclic amines) is 1. The molecule has 5 rings (SSSR count). The number of aromatic nitrogens is 2. The Kier molecular flexibility index (Phi) is 9.47. The molecule has 0 N–H and O–H groups in total. The van der Waals surface area contributed by atoms with E-state index in [-0.39, 0.29) is 24.5 Å². The fraction of sp³-hybridized carbons (Fsp3) is 0.500. The van der Waals surface area contributed by atoms with E-state index >= 15 is 0 Å². The van der Waals surface area contributed by atoms with Gasteiger partial charge in [0.05, 0.1) is 18.0 Å². The lowest BCUT2D eigenvalue weighted by atomic mass is 9.90. The molecule has 0 spiro atoms. The van der Waals surface area contributed by atoms with Crippen LogP contribution in [0.5, 0.6) is 5.88 Å². The zero-order chi connectivity index (χ0) is 28.9. The van der Waals surface area contributed by atoms with Gasteiger partial charge in [0.25, 0.3) is 0 Å². The van der Waals surface area contributed by atoms with Crippen LogP contribution in [0.3, 0.4) is 0 Å². The predicted octanol–water partition coefficient (Wildman–Crippen LogP) is 5.70. The van der Waals surface area contributed by atoms with E-state index in [1.165, 1.54) is 12.1 Å². The molecule has 0 saturated carbocycles. The fourth-order valence-corrected chi connectivity index (χ4v) is 5.90. The molecule has 1 aromatic heterocycles. The monoisotopic (exact) mass is 566 g/mol. The summed E-state index contributed by atoms with van der Waals surface area (Å²) in [5.41, 5.74) is 3.06.